The summed E-state index contributed by atoms with van der Waals surface area (Å²) in [5, 5.41) is 0. The topological polar surface area (TPSA) is 26.3 Å². The molecular weight excluding hydrogens is 104 g/mol. The van der Waals surface area contributed by atoms with Crippen molar-refractivity contribution < 1.29 is 9.53 Å². The van der Waals surface area contributed by atoms with E-state index in [2.05, 4.69) is 0 Å². The zero-order valence-electron chi connectivity index (χ0n) is 4.72. The molecule has 1 aliphatic heterocycles. The Morgan fingerprint density at radius 3 is 3.25 bits per heavy atom. The maximum atomic E-state index is 10.4. The number of esters is 1. The zero-order chi connectivity index (χ0) is 5.82. The van der Waals surface area contributed by atoms with Gasteiger partial charge in [-0.3, -0.25) is 4.79 Å². The van der Waals surface area contributed by atoms with Crippen molar-refractivity contribution in [2.75, 3.05) is 6.61 Å². The molecule has 0 aromatic rings. The van der Waals surface area contributed by atoms with Gasteiger partial charge in [-0.1, -0.05) is 0 Å². The van der Waals surface area contributed by atoms with Gasteiger partial charge < -0.3 is 4.74 Å². The van der Waals surface area contributed by atoms with Crippen LogP contribution in [0.3, 0.4) is 0 Å². The summed E-state index contributed by atoms with van der Waals surface area (Å²) in [5.74, 6) is -0.150. The van der Waals surface area contributed by atoms with Gasteiger partial charge in [0, 0.05) is 0 Å². The average molecular weight is 113 g/mol. The molecule has 1 rings (SSSR count). The van der Waals surface area contributed by atoms with Gasteiger partial charge in [-0.2, -0.15) is 0 Å². The predicted molar refractivity (Wildman–Crippen MR) is 29.1 cm³/mol. The molecule has 8 heavy (non-hydrogen) atoms. The molecule has 0 bridgehead atoms. The van der Waals surface area contributed by atoms with Gasteiger partial charge in [-0.25, -0.2) is 0 Å². The van der Waals surface area contributed by atoms with Crippen LogP contribution in [0.25, 0.3) is 0 Å². The lowest BCUT2D eigenvalue weighted by molar-refractivity contribution is -0.138. The van der Waals surface area contributed by atoms with Crippen molar-refractivity contribution in [3.8, 4) is 0 Å². The van der Waals surface area contributed by atoms with Crippen molar-refractivity contribution in [2.24, 2.45) is 0 Å². The van der Waals surface area contributed by atoms with Crippen LogP contribution in [-0.2, 0) is 9.53 Å². The molecule has 2 nitrogen and oxygen atoms in total. The van der Waals surface area contributed by atoms with Gasteiger partial charge in [0.1, 0.15) is 0 Å². The Morgan fingerprint density at radius 1 is 1.50 bits per heavy atom. The molecule has 0 aromatic heterocycles. The fourth-order valence-corrected chi connectivity index (χ4v) is 0.698. The van der Waals surface area contributed by atoms with E-state index >= 15 is 0 Å². The maximum Gasteiger partial charge on any atom is 0.309 e. The number of carbonyl (C=O) groups is 1. The summed E-state index contributed by atoms with van der Waals surface area (Å²) in [7, 11) is 0. The molecule has 0 spiro atoms. The summed E-state index contributed by atoms with van der Waals surface area (Å²) < 4.78 is 4.71. The normalized spacial score (nSPS) is 21.8. The number of cyclic esters (lactones) is 1. The molecule has 45 valence electrons. The Kier molecular flexibility index (Phi) is 1.89. The molecule has 0 unspecified atom stereocenters. The largest absolute Gasteiger partial charge is 0.465 e. The molecule has 0 aromatic carbocycles. The third-order valence-electron chi connectivity index (χ3n) is 1.15. The van der Waals surface area contributed by atoms with E-state index in [0.29, 0.717) is 6.61 Å². The van der Waals surface area contributed by atoms with Crippen LogP contribution >= 0.6 is 0 Å². The first-order valence-corrected chi connectivity index (χ1v) is 2.89. The minimum absolute atomic E-state index is 0.150. The molecule has 1 saturated heterocycles. The molecule has 0 N–H and O–H groups in total. The van der Waals surface area contributed by atoms with E-state index < -0.39 is 0 Å². The van der Waals surface area contributed by atoms with Crippen LogP contribution in [0.2, 0.25) is 0 Å². The minimum atomic E-state index is -0.150. The molecule has 1 radical (unpaired) electrons. The summed E-state index contributed by atoms with van der Waals surface area (Å²) in [6.07, 6.45) is 4.60. The number of ether oxygens (including phenoxy) is 1. The number of hydrogen-bond donors (Lipinski definition) is 0. The second-order valence-electron chi connectivity index (χ2n) is 1.87. The first-order valence-electron chi connectivity index (χ1n) is 2.89. The molecule has 1 heterocycles. The predicted octanol–water partition coefficient (Wildman–Crippen LogP) is 0.918. The second kappa shape index (κ2) is 2.70. The first-order chi connectivity index (χ1) is 3.89. The standard InChI is InChI=1S/C6H9O2/c7-6-4-2-1-3-5-8-6/h4H,1-3,5H2. The second-order valence-corrected chi connectivity index (χ2v) is 1.87. The van der Waals surface area contributed by atoms with Gasteiger partial charge >= 0.3 is 5.97 Å². The number of carbonyl (C=O) groups excluding carboxylic acids is 1. The van der Waals surface area contributed by atoms with Gasteiger partial charge in [0.2, 0.25) is 0 Å². The van der Waals surface area contributed by atoms with Crippen LogP contribution in [-0.4, -0.2) is 12.6 Å². The van der Waals surface area contributed by atoms with Gasteiger partial charge in [0.25, 0.3) is 0 Å². The highest BCUT2D eigenvalue weighted by molar-refractivity contribution is 5.78. The Labute approximate surface area is 48.8 Å². The quantitative estimate of drug-likeness (QED) is 0.436. The molecule has 2 heteroatoms. The van der Waals surface area contributed by atoms with Crippen LogP contribution < -0.4 is 0 Å². The smallest absolute Gasteiger partial charge is 0.309 e. The van der Waals surface area contributed by atoms with Crippen LogP contribution in [0, 0.1) is 6.42 Å². The highest BCUT2D eigenvalue weighted by atomic mass is 16.5. The molecule has 0 aliphatic carbocycles. The highest BCUT2D eigenvalue weighted by Crippen LogP contribution is 2.05. The van der Waals surface area contributed by atoms with E-state index in [4.69, 9.17) is 4.74 Å². The van der Waals surface area contributed by atoms with Crippen molar-refractivity contribution in [1.82, 2.24) is 0 Å². The Balaban J connectivity index is 2.27. The zero-order valence-corrected chi connectivity index (χ0v) is 4.72. The van der Waals surface area contributed by atoms with Gasteiger partial charge in [-0.15, -0.1) is 0 Å². The monoisotopic (exact) mass is 113 g/mol. The summed E-state index contributed by atoms with van der Waals surface area (Å²) in [5.41, 5.74) is 0. The lowest BCUT2D eigenvalue weighted by atomic mass is 10.2. The fraction of sp³-hybridized carbons (Fsp3) is 0.667. The molecule has 0 amide bonds. The average Bonchev–Trinajstić information content (AvgIpc) is 1.94. The summed E-state index contributed by atoms with van der Waals surface area (Å²) in [4.78, 5) is 10.4. The van der Waals surface area contributed by atoms with Crippen LogP contribution in [0.5, 0.6) is 0 Å². The van der Waals surface area contributed by atoms with Crippen LogP contribution in [0.15, 0.2) is 0 Å². The van der Waals surface area contributed by atoms with Gasteiger partial charge in [0.05, 0.1) is 13.0 Å². The number of hydrogen-bond acceptors (Lipinski definition) is 2. The van der Waals surface area contributed by atoms with Crippen molar-refractivity contribution in [1.29, 1.82) is 0 Å². The van der Waals surface area contributed by atoms with E-state index in [1.165, 1.54) is 0 Å². The Hall–Kier alpha value is -0.530. The lowest BCUT2D eigenvalue weighted by Gasteiger charge is -1.93. The van der Waals surface area contributed by atoms with Crippen molar-refractivity contribution in [2.45, 2.75) is 19.3 Å². The third kappa shape index (κ3) is 1.52. The molecule has 1 aliphatic rings. The van der Waals surface area contributed by atoms with Crippen LogP contribution in [0.4, 0.5) is 0 Å². The Morgan fingerprint density at radius 2 is 2.38 bits per heavy atom. The minimum Gasteiger partial charge on any atom is -0.465 e. The molecule has 0 atom stereocenters. The summed E-state index contributed by atoms with van der Waals surface area (Å²) in [6.45, 7) is 0.606. The lowest BCUT2D eigenvalue weighted by Crippen LogP contribution is -2.00. The summed E-state index contributed by atoms with van der Waals surface area (Å²) in [6, 6.07) is 0. The SMILES string of the molecule is O=C1[CH]CCCCO1. The van der Waals surface area contributed by atoms with E-state index in [1.807, 2.05) is 0 Å². The first kappa shape index (κ1) is 5.60. The van der Waals surface area contributed by atoms with Crippen molar-refractivity contribution in [3.05, 3.63) is 6.42 Å². The fourth-order valence-electron chi connectivity index (χ4n) is 0.698. The van der Waals surface area contributed by atoms with E-state index in [1.54, 1.807) is 6.42 Å². The third-order valence-corrected chi connectivity index (χ3v) is 1.15. The van der Waals surface area contributed by atoms with Crippen molar-refractivity contribution in [3.63, 3.8) is 0 Å². The molecule has 1 fully saturated rings. The Bertz CT molecular complexity index is 78.5. The van der Waals surface area contributed by atoms with E-state index in [0.717, 1.165) is 19.3 Å². The van der Waals surface area contributed by atoms with Gasteiger partial charge in [0.15, 0.2) is 0 Å². The van der Waals surface area contributed by atoms with E-state index in [9.17, 15) is 4.79 Å². The van der Waals surface area contributed by atoms with Gasteiger partial charge in [-0.05, 0) is 19.3 Å². The van der Waals surface area contributed by atoms with Crippen LogP contribution in [0.1, 0.15) is 19.3 Å². The molecular formula is C6H9O2. The van der Waals surface area contributed by atoms with E-state index in [-0.39, 0.29) is 5.97 Å². The number of rotatable bonds is 0. The maximum absolute atomic E-state index is 10.4. The summed E-state index contributed by atoms with van der Waals surface area (Å²) >= 11 is 0. The highest BCUT2D eigenvalue weighted by Gasteiger charge is 2.06. The molecule has 0 saturated carbocycles. The van der Waals surface area contributed by atoms with Crippen molar-refractivity contribution >= 4 is 5.97 Å².